The van der Waals surface area contributed by atoms with Crippen LogP contribution in [0.2, 0.25) is 0 Å². The smallest absolute Gasteiger partial charge is 0.353 e. The summed E-state index contributed by atoms with van der Waals surface area (Å²) in [6.45, 7) is 0. The molecule has 3 heterocycles. The van der Waals surface area contributed by atoms with E-state index >= 15 is 0 Å². The van der Waals surface area contributed by atoms with E-state index in [-0.39, 0.29) is 11.5 Å². The Balaban J connectivity index is 2.16. The number of hydrogen-bond acceptors (Lipinski definition) is 3. The minimum absolute atomic E-state index is 0.143. The summed E-state index contributed by atoms with van der Waals surface area (Å²) >= 11 is 0. The van der Waals surface area contributed by atoms with Crippen molar-refractivity contribution in [3.63, 3.8) is 0 Å². The number of nitrogens with one attached hydrogen (secondary N) is 2. The topological polar surface area (TPSA) is 94.3 Å². The van der Waals surface area contributed by atoms with Gasteiger partial charge in [0, 0.05) is 11.8 Å². The number of carbonyl (C=O) groups is 1. The fraction of sp³-hybridized carbons (Fsp3) is 0. The van der Waals surface area contributed by atoms with Gasteiger partial charge in [-0.15, -0.1) is 4.57 Å². The van der Waals surface area contributed by atoms with E-state index in [4.69, 9.17) is 0 Å². The average molecular weight is 266 g/mol. The highest BCUT2D eigenvalue weighted by Crippen LogP contribution is 2.26. The van der Waals surface area contributed by atoms with Gasteiger partial charge in [-0.05, 0) is 5.56 Å². The van der Waals surface area contributed by atoms with Gasteiger partial charge in [-0.1, -0.05) is 30.3 Å². The quantitative estimate of drug-likeness (QED) is 0.658. The number of hydrogen-bond donors (Lipinski definition) is 2. The number of azo groups is 1. The Bertz CT molecular complexity index is 937. The molecule has 0 saturated carbocycles. The van der Waals surface area contributed by atoms with Gasteiger partial charge >= 0.3 is 17.5 Å². The van der Waals surface area contributed by atoms with Crippen molar-refractivity contribution in [3.05, 3.63) is 46.9 Å². The minimum Gasteiger partial charge on any atom is -0.353 e. The summed E-state index contributed by atoms with van der Waals surface area (Å²) in [6, 6.07) is 8.98. The van der Waals surface area contributed by atoms with E-state index in [2.05, 4.69) is 20.2 Å². The number of rotatable bonds is 1. The number of H-pyrrole nitrogens is 2. The summed E-state index contributed by atoms with van der Waals surface area (Å²) in [5.41, 5.74) is 2.15. The maximum absolute atomic E-state index is 12.0. The highest BCUT2D eigenvalue weighted by atomic mass is 16.2. The molecule has 0 fully saturated rings. The molecule has 0 atom stereocenters. The van der Waals surface area contributed by atoms with Gasteiger partial charge in [0.1, 0.15) is 5.52 Å². The Kier molecular flexibility index (Phi) is 2.00. The van der Waals surface area contributed by atoms with E-state index in [0.29, 0.717) is 11.0 Å². The molecule has 0 unspecified atom stereocenters. The molecule has 1 aliphatic heterocycles. The Hall–Kier alpha value is -3.09. The molecule has 1 amide bonds. The zero-order chi connectivity index (χ0) is 13.7. The van der Waals surface area contributed by atoms with Crippen molar-refractivity contribution >= 4 is 23.0 Å². The number of amides is 1. The van der Waals surface area contributed by atoms with Gasteiger partial charge in [0.25, 0.3) is 0 Å². The number of benzene rings is 1. The molecule has 7 heteroatoms. The van der Waals surface area contributed by atoms with E-state index in [9.17, 15) is 9.59 Å². The fourth-order valence-corrected chi connectivity index (χ4v) is 2.38. The molecule has 1 aliphatic rings. The molecule has 4 rings (SSSR count). The van der Waals surface area contributed by atoms with Crippen molar-refractivity contribution in [2.24, 2.45) is 10.2 Å². The summed E-state index contributed by atoms with van der Waals surface area (Å²) in [4.78, 5) is 29.2. The van der Waals surface area contributed by atoms with Gasteiger partial charge in [0.15, 0.2) is 5.52 Å². The summed E-state index contributed by atoms with van der Waals surface area (Å²) in [6.07, 6.45) is 1.70. The molecule has 20 heavy (non-hydrogen) atoms. The average Bonchev–Trinajstić information content (AvgIpc) is 3.04. The van der Waals surface area contributed by atoms with Crippen molar-refractivity contribution in [2.75, 3.05) is 0 Å². The number of aromatic nitrogens is 3. The van der Waals surface area contributed by atoms with E-state index in [1.807, 2.05) is 30.3 Å². The molecule has 2 aromatic heterocycles. The largest absolute Gasteiger partial charge is 0.483 e. The Morgan fingerprint density at radius 2 is 1.85 bits per heavy atom. The van der Waals surface area contributed by atoms with Gasteiger partial charge in [0.05, 0.1) is 10.2 Å². The van der Waals surface area contributed by atoms with Crippen LogP contribution in [0.25, 0.3) is 22.2 Å². The number of aromatic amines is 2. The second-order valence-electron chi connectivity index (χ2n) is 4.39. The number of nitrogens with zero attached hydrogens (tertiary/aromatic N) is 3. The molecule has 2 N–H and O–H groups in total. The van der Waals surface area contributed by atoms with Crippen LogP contribution in [0.5, 0.6) is 0 Å². The third kappa shape index (κ3) is 1.31. The van der Waals surface area contributed by atoms with Crippen LogP contribution in [-0.2, 0) is 0 Å². The normalized spacial score (nSPS) is 13.1. The van der Waals surface area contributed by atoms with Crippen LogP contribution in [-0.4, -0.2) is 16.0 Å². The monoisotopic (exact) mass is 266 g/mol. The lowest BCUT2D eigenvalue weighted by Crippen LogP contribution is -2.41. The highest BCUT2D eigenvalue weighted by Gasteiger charge is 2.32. The predicted molar refractivity (Wildman–Crippen MR) is 69.9 cm³/mol. The van der Waals surface area contributed by atoms with Gasteiger partial charge in [-0.3, -0.25) is 4.79 Å². The van der Waals surface area contributed by atoms with Crippen molar-refractivity contribution in [3.8, 4) is 11.1 Å². The molecular formula is C13H8N5O2+. The SMILES string of the molecule is O=C1N=Nc2[nH]c(=O)c3[nH]cc(-c4ccccc4)c3[n+]21. The summed E-state index contributed by atoms with van der Waals surface area (Å²) < 4.78 is 1.30. The molecule has 0 aliphatic carbocycles. The van der Waals surface area contributed by atoms with E-state index in [1.165, 1.54) is 4.57 Å². The van der Waals surface area contributed by atoms with E-state index in [0.717, 1.165) is 11.1 Å². The fourth-order valence-electron chi connectivity index (χ4n) is 2.38. The van der Waals surface area contributed by atoms with Crippen molar-refractivity contribution in [1.82, 2.24) is 9.97 Å². The minimum atomic E-state index is -0.516. The third-order valence-corrected chi connectivity index (χ3v) is 3.25. The predicted octanol–water partition coefficient (Wildman–Crippen LogP) is 1.88. The van der Waals surface area contributed by atoms with Crippen LogP contribution in [0, 0.1) is 0 Å². The van der Waals surface area contributed by atoms with Crippen LogP contribution in [0.15, 0.2) is 51.6 Å². The molecule has 3 aromatic rings. The maximum Gasteiger partial charge on any atom is 0.483 e. The zero-order valence-corrected chi connectivity index (χ0v) is 10.1. The molecule has 1 aromatic carbocycles. The number of carbonyl (C=O) groups excluding carboxylic acids is 1. The van der Waals surface area contributed by atoms with Gasteiger partial charge in [-0.2, -0.15) is 0 Å². The van der Waals surface area contributed by atoms with Crippen LogP contribution in [0.4, 0.5) is 10.7 Å². The van der Waals surface area contributed by atoms with E-state index < -0.39 is 6.03 Å². The first-order valence-electron chi connectivity index (χ1n) is 5.96. The van der Waals surface area contributed by atoms with Crippen LogP contribution in [0.3, 0.4) is 0 Å². The molecule has 0 radical (unpaired) electrons. The molecule has 0 saturated heterocycles. The third-order valence-electron chi connectivity index (χ3n) is 3.25. The second kappa shape index (κ2) is 3.70. The first-order chi connectivity index (χ1) is 9.75. The lowest BCUT2D eigenvalue weighted by Gasteiger charge is -2.00. The molecule has 0 spiro atoms. The summed E-state index contributed by atoms with van der Waals surface area (Å²) in [7, 11) is 0. The molecule has 96 valence electrons. The van der Waals surface area contributed by atoms with Crippen LogP contribution in [0.1, 0.15) is 0 Å². The Labute approximate surface area is 111 Å². The number of fused-ring (bicyclic) bond motifs is 3. The first kappa shape index (κ1) is 10.8. The van der Waals surface area contributed by atoms with Crippen LogP contribution >= 0.6 is 0 Å². The lowest BCUT2D eigenvalue weighted by atomic mass is 10.1. The molecule has 0 bridgehead atoms. The molecular weight excluding hydrogens is 258 g/mol. The highest BCUT2D eigenvalue weighted by molar-refractivity contribution is 5.92. The first-order valence-corrected chi connectivity index (χ1v) is 5.96. The van der Waals surface area contributed by atoms with Gasteiger partial charge in [-0.25, -0.2) is 9.78 Å². The molecule has 7 nitrogen and oxygen atoms in total. The lowest BCUT2D eigenvalue weighted by molar-refractivity contribution is -0.523. The standard InChI is InChI=1S/C13H7N5O2/c19-11-9-10(18-12(15-11)16-17-13(18)20)8(6-14-9)7-4-2-1-3-5-7/h1-6H,(H,14,19)/p+1. The zero-order valence-electron chi connectivity index (χ0n) is 10.1. The summed E-state index contributed by atoms with van der Waals surface area (Å²) in [5, 5.41) is 7.15. The van der Waals surface area contributed by atoms with Gasteiger partial charge in [0.2, 0.25) is 0 Å². The van der Waals surface area contributed by atoms with Crippen molar-refractivity contribution < 1.29 is 9.36 Å². The second-order valence-corrected chi connectivity index (χ2v) is 4.39. The van der Waals surface area contributed by atoms with Crippen LogP contribution < -0.4 is 10.1 Å². The Morgan fingerprint density at radius 3 is 2.65 bits per heavy atom. The van der Waals surface area contributed by atoms with Crippen molar-refractivity contribution in [1.29, 1.82) is 0 Å². The van der Waals surface area contributed by atoms with Gasteiger partial charge < -0.3 is 4.98 Å². The Morgan fingerprint density at radius 1 is 1.05 bits per heavy atom. The maximum atomic E-state index is 12.0. The van der Waals surface area contributed by atoms with Crippen molar-refractivity contribution in [2.45, 2.75) is 0 Å². The van der Waals surface area contributed by atoms with E-state index in [1.54, 1.807) is 6.20 Å². The summed E-state index contributed by atoms with van der Waals surface area (Å²) in [5.74, 6) is 0.143.